The second kappa shape index (κ2) is 9.56. The Morgan fingerprint density at radius 1 is 1.04 bits per heavy atom. The smallest absolute Gasteiger partial charge is 0.252 e. The topological polar surface area (TPSA) is 100 Å². The number of furan rings is 1. The molecule has 27 heavy (non-hydrogen) atoms. The number of nitrogens with one attached hydrogen (secondary N) is 3. The molecule has 0 fully saturated rings. The van der Waals surface area contributed by atoms with E-state index in [9.17, 15) is 14.4 Å². The van der Waals surface area contributed by atoms with Crippen molar-refractivity contribution in [2.24, 2.45) is 5.92 Å². The van der Waals surface area contributed by atoms with E-state index in [1.165, 1.54) is 6.26 Å². The number of aryl methyl sites for hydroxylation is 1. The minimum absolute atomic E-state index is 0.135. The van der Waals surface area contributed by atoms with Gasteiger partial charge in [0.1, 0.15) is 11.8 Å². The van der Waals surface area contributed by atoms with Gasteiger partial charge in [-0.05, 0) is 36.6 Å². The average Bonchev–Trinajstić information content (AvgIpc) is 3.16. The summed E-state index contributed by atoms with van der Waals surface area (Å²) in [5.74, 6) is -0.568. The monoisotopic (exact) mass is 371 g/mol. The fraction of sp³-hybridized carbons (Fsp3) is 0.350. The van der Waals surface area contributed by atoms with Crippen LogP contribution in [0.25, 0.3) is 0 Å². The van der Waals surface area contributed by atoms with E-state index in [2.05, 4.69) is 16.0 Å². The molecule has 0 radical (unpaired) electrons. The summed E-state index contributed by atoms with van der Waals surface area (Å²) >= 11 is 0. The Balaban J connectivity index is 1.87. The Bertz CT molecular complexity index is 784. The molecule has 3 N–H and O–H groups in total. The molecule has 0 aliphatic carbocycles. The van der Waals surface area contributed by atoms with Gasteiger partial charge in [0.2, 0.25) is 11.8 Å². The van der Waals surface area contributed by atoms with Crippen LogP contribution in [0.15, 0.2) is 47.1 Å². The molecule has 3 amide bonds. The van der Waals surface area contributed by atoms with Crippen LogP contribution < -0.4 is 16.0 Å². The molecule has 1 heterocycles. The van der Waals surface area contributed by atoms with Crippen molar-refractivity contribution in [3.8, 4) is 0 Å². The van der Waals surface area contributed by atoms with E-state index in [1.807, 2.05) is 32.9 Å². The zero-order chi connectivity index (χ0) is 19.8. The van der Waals surface area contributed by atoms with Gasteiger partial charge >= 0.3 is 0 Å². The van der Waals surface area contributed by atoms with Gasteiger partial charge in [0.15, 0.2) is 0 Å². The van der Waals surface area contributed by atoms with E-state index >= 15 is 0 Å². The first kappa shape index (κ1) is 20.2. The van der Waals surface area contributed by atoms with Gasteiger partial charge in [0.25, 0.3) is 5.91 Å². The SMILES string of the molecule is Cc1ccccc1C(=O)NC(C(=O)NCC(=O)NCc1ccco1)C(C)C. The third-order valence-electron chi connectivity index (χ3n) is 4.09. The Morgan fingerprint density at radius 3 is 2.41 bits per heavy atom. The van der Waals surface area contributed by atoms with Crippen LogP contribution in [-0.2, 0) is 16.1 Å². The second-order valence-electron chi connectivity index (χ2n) is 6.58. The van der Waals surface area contributed by atoms with Gasteiger partial charge in [0.05, 0.1) is 19.4 Å². The first-order valence-electron chi connectivity index (χ1n) is 8.81. The Hall–Kier alpha value is -3.09. The highest BCUT2D eigenvalue weighted by molar-refractivity contribution is 5.99. The summed E-state index contributed by atoms with van der Waals surface area (Å²) in [6.07, 6.45) is 1.52. The summed E-state index contributed by atoms with van der Waals surface area (Å²) in [5.41, 5.74) is 1.35. The molecule has 1 aromatic heterocycles. The maximum atomic E-state index is 12.5. The Labute approximate surface area is 158 Å². The summed E-state index contributed by atoms with van der Waals surface area (Å²) in [6, 6.07) is 9.90. The van der Waals surface area contributed by atoms with E-state index in [0.29, 0.717) is 11.3 Å². The molecule has 0 bridgehead atoms. The number of carbonyl (C=O) groups excluding carboxylic acids is 3. The molecule has 7 nitrogen and oxygen atoms in total. The van der Waals surface area contributed by atoms with Gasteiger partial charge in [-0.3, -0.25) is 14.4 Å². The predicted octanol–water partition coefficient (Wildman–Crippen LogP) is 1.78. The van der Waals surface area contributed by atoms with Gasteiger partial charge in [-0.2, -0.15) is 0 Å². The van der Waals surface area contributed by atoms with Crippen molar-refractivity contribution < 1.29 is 18.8 Å². The van der Waals surface area contributed by atoms with Crippen LogP contribution in [0, 0.1) is 12.8 Å². The van der Waals surface area contributed by atoms with E-state index in [4.69, 9.17) is 4.42 Å². The fourth-order valence-corrected chi connectivity index (χ4v) is 2.52. The van der Waals surface area contributed by atoms with Crippen LogP contribution in [0.3, 0.4) is 0 Å². The molecular formula is C20H25N3O4. The summed E-state index contributed by atoms with van der Waals surface area (Å²) < 4.78 is 5.13. The van der Waals surface area contributed by atoms with Crippen molar-refractivity contribution in [3.05, 3.63) is 59.5 Å². The number of amides is 3. The van der Waals surface area contributed by atoms with E-state index in [0.717, 1.165) is 5.56 Å². The van der Waals surface area contributed by atoms with E-state index < -0.39 is 11.9 Å². The van der Waals surface area contributed by atoms with Crippen molar-refractivity contribution >= 4 is 17.7 Å². The van der Waals surface area contributed by atoms with Crippen molar-refractivity contribution in [1.29, 1.82) is 0 Å². The van der Waals surface area contributed by atoms with Crippen LogP contribution in [-0.4, -0.2) is 30.3 Å². The maximum absolute atomic E-state index is 12.5. The van der Waals surface area contributed by atoms with E-state index in [1.54, 1.807) is 24.3 Å². The minimum Gasteiger partial charge on any atom is -0.467 e. The normalized spacial score (nSPS) is 11.7. The third-order valence-corrected chi connectivity index (χ3v) is 4.09. The quantitative estimate of drug-likeness (QED) is 0.658. The predicted molar refractivity (Wildman–Crippen MR) is 101 cm³/mol. The summed E-state index contributed by atoms with van der Waals surface area (Å²) in [4.78, 5) is 36.8. The third kappa shape index (κ3) is 5.99. The number of rotatable bonds is 8. The van der Waals surface area contributed by atoms with Crippen LogP contribution in [0.2, 0.25) is 0 Å². The molecule has 1 aromatic carbocycles. The molecule has 2 rings (SSSR count). The molecule has 0 aliphatic rings. The molecule has 0 spiro atoms. The molecule has 1 atom stereocenters. The maximum Gasteiger partial charge on any atom is 0.252 e. The molecule has 0 saturated carbocycles. The number of hydrogen-bond donors (Lipinski definition) is 3. The van der Waals surface area contributed by atoms with Crippen LogP contribution >= 0.6 is 0 Å². The lowest BCUT2D eigenvalue weighted by molar-refractivity contribution is -0.127. The highest BCUT2D eigenvalue weighted by atomic mass is 16.3. The highest BCUT2D eigenvalue weighted by Gasteiger charge is 2.25. The molecule has 7 heteroatoms. The molecule has 0 saturated heterocycles. The number of hydrogen-bond acceptors (Lipinski definition) is 4. The summed E-state index contributed by atoms with van der Waals surface area (Å²) in [6.45, 7) is 5.57. The molecule has 0 aliphatic heterocycles. The van der Waals surface area contributed by atoms with Crippen molar-refractivity contribution in [3.63, 3.8) is 0 Å². The fourth-order valence-electron chi connectivity index (χ4n) is 2.52. The van der Waals surface area contributed by atoms with Gasteiger partial charge in [0, 0.05) is 5.56 Å². The summed E-state index contributed by atoms with van der Waals surface area (Å²) in [7, 11) is 0. The largest absolute Gasteiger partial charge is 0.467 e. The lowest BCUT2D eigenvalue weighted by Crippen LogP contribution is -2.51. The molecule has 1 unspecified atom stereocenters. The molecular weight excluding hydrogens is 346 g/mol. The Kier molecular flexibility index (Phi) is 7.16. The first-order chi connectivity index (χ1) is 12.9. The molecule has 2 aromatic rings. The van der Waals surface area contributed by atoms with Gasteiger partial charge < -0.3 is 20.4 Å². The standard InChI is InChI=1S/C20H25N3O4/c1-13(2)18(23-19(25)16-9-5-4-7-14(16)3)20(26)22-12-17(24)21-11-15-8-6-10-27-15/h4-10,13,18H,11-12H2,1-3H3,(H,21,24)(H,22,26)(H,23,25). The second-order valence-corrected chi connectivity index (χ2v) is 6.58. The first-order valence-corrected chi connectivity index (χ1v) is 8.81. The zero-order valence-electron chi connectivity index (χ0n) is 15.7. The highest BCUT2D eigenvalue weighted by Crippen LogP contribution is 2.09. The van der Waals surface area contributed by atoms with Gasteiger partial charge in [-0.1, -0.05) is 32.0 Å². The minimum atomic E-state index is -0.741. The van der Waals surface area contributed by atoms with Gasteiger partial charge in [-0.15, -0.1) is 0 Å². The lowest BCUT2D eigenvalue weighted by atomic mass is 10.0. The molecule has 144 valence electrons. The lowest BCUT2D eigenvalue weighted by Gasteiger charge is -2.22. The Morgan fingerprint density at radius 2 is 1.78 bits per heavy atom. The average molecular weight is 371 g/mol. The number of benzene rings is 1. The number of carbonyl (C=O) groups is 3. The van der Waals surface area contributed by atoms with Crippen molar-refractivity contribution in [2.75, 3.05) is 6.54 Å². The van der Waals surface area contributed by atoms with Gasteiger partial charge in [-0.25, -0.2) is 0 Å². The van der Waals surface area contributed by atoms with Crippen LogP contribution in [0.1, 0.15) is 35.5 Å². The summed E-state index contributed by atoms with van der Waals surface area (Å²) in [5, 5.41) is 7.97. The van der Waals surface area contributed by atoms with Crippen LogP contribution in [0.5, 0.6) is 0 Å². The zero-order valence-corrected chi connectivity index (χ0v) is 15.7. The van der Waals surface area contributed by atoms with Crippen molar-refractivity contribution in [2.45, 2.75) is 33.4 Å². The van der Waals surface area contributed by atoms with Crippen LogP contribution in [0.4, 0.5) is 0 Å². The van der Waals surface area contributed by atoms with E-state index in [-0.39, 0.29) is 30.8 Å². The van der Waals surface area contributed by atoms with Crippen molar-refractivity contribution in [1.82, 2.24) is 16.0 Å².